The zero-order valence-electron chi connectivity index (χ0n) is 11.5. The molecule has 0 atom stereocenters. The van der Waals surface area contributed by atoms with Crippen molar-refractivity contribution in [1.29, 1.82) is 0 Å². The van der Waals surface area contributed by atoms with E-state index in [1.165, 1.54) is 0 Å². The van der Waals surface area contributed by atoms with E-state index in [-0.39, 0.29) is 12.5 Å². The summed E-state index contributed by atoms with van der Waals surface area (Å²) in [5.74, 6) is -0.388. The highest BCUT2D eigenvalue weighted by Crippen LogP contribution is 2.27. The van der Waals surface area contributed by atoms with Gasteiger partial charge in [0.05, 0.1) is 5.41 Å². The zero-order chi connectivity index (χ0) is 15.2. The lowest BCUT2D eigenvalue weighted by Crippen LogP contribution is -2.38. The number of halogens is 1. The third kappa shape index (κ3) is 5.54. The maximum absolute atomic E-state index is 11.7. The van der Waals surface area contributed by atoms with Crippen LogP contribution in [0.25, 0.3) is 0 Å². The van der Waals surface area contributed by atoms with Gasteiger partial charge in [-0.15, -0.1) is 11.8 Å². The zero-order valence-corrected chi connectivity index (χ0v) is 13.9. The van der Waals surface area contributed by atoms with Crippen LogP contribution in [-0.4, -0.2) is 29.3 Å². The molecule has 0 aromatic heterocycles. The van der Waals surface area contributed by atoms with Crippen LogP contribution in [-0.2, 0) is 9.59 Å². The highest BCUT2D eigenvalue weighted by Gasteiger charge is 2.27. The first-order chi connectivity index (χ1) is 9.33. The number of hydrogen-bond donors (Lipinski definition) is 2. The Hall–Kier alpha value is -1.01. The topological polar surface area (TPSA) is 66.4 Å². The van der Waals surface area contributed by atoms with E-state index in [9.17, 15) is 9.59 Å². The minimum absolute atomic E-state index is 0.126. The van der Waals surface area contributed by atoms with Gasteiger partial charge in [-0.2, -0.15) is 0 Å². The van der Waals surface area contributed by atoms with Crippen molar-refractivity contribution >= 4 is 39.6 Å². The average Bonchev–Trinajstić information content (AvgIpc) is 2.38. The molecule has 0 bridgehead atoms. The van der Waals surface area contributed by atoms with Gasteiger partial charge in [-0.1, -0.05) is 12.1 Å². The van der Waals surface area contributed by atoms with Crippen LogP contribution in [0.5, 0.6) is 0 Å². The van der Waals surface area contributed by atoms with Crippen LogP contribution in [0.3, 0.4) is 0 Å². The molecule has 0 saturated heterocycles. The molecule has 1 aromatic rings. The van der Waals surface area contributed by atoms with E-state index >= 15 is 0 Å². The number of aliphatic carboxylic acids is 1. The van der Waals surface area contributed by atoms with E-state index < -0.39 is 11.4 Å². The Bertz CT molecular complexity index is 491. The second-order valence-electron chi connectivity index (χ2n) is 4.99. The predicted molar refractivity (Wildman–Crippen MR) is 83.9 cm³/mol. The number of carboxylic acids is 1. The average molecular weight is 360 g/mol. The minimum atomic E-state index is -0.939. The molecule has 1 rings (SSSR count). The lowest BCUT2D eigenvalue weighted by atomic mass is 9.94. The Balaban J connectivity index is 2.31. The number of amides is 1. The number of thioether (sulfide) groups is 1. The molecule has 110 valence electrons. The summed E-state index contributed by atoms with van der Waals surface area (Å²) in [5, 5.41) is 11.6. The molecule has 1 amide bonds. The highest BCUT2D eigenvalue weighted by molar-refractivity contribution is 9.10. The molecule has 20 heavy (non-hydrogen) atoms. The second-order valence-corrected chi connectivity index (χ2v) is 6.99. The summed E-state index contributed by atoms with van der Waals surface area (Å²) in [4.78, 5) is 23.7. The van der Waals surface area contributed by atoms with Gasteiger partial charge in [0.1, 0.15) is 0 Å². The third-order valence-corrected chi connectivity index (χ3v) is 4.76. The maximum Gasteiger partial charge on any atom is 0.310 e. The number of carbonyl (C=O) groups excluding carboxylic acids is 1. The van der Waals surface area contributed by atoms with E-state index in [0.29, 0.717) is 12.2 Å². The second kappa shape index (κ2) is 7.69. The molecule has 2 N–H and O–H groups in total. The Kier molecular flexibility index (Phi) is 6.55. The number of hydrogen-bond acceptors (Lipinski definition) is 3. The number of carbonyl (C=O) groups is 2. The molecule has 0 saturated carbocycles. The number of carboxylic acid groups (broad SMARTS) is 1. The SMILES string of the molecule is CC(C)(CNC(=O)CCSc1ccccc1Br)C(=O)O. The fourth-order valence-electron chi connectivity index (χ4n) is 1.30. The van der Waals surface area contributed by atoms with Crippen molar-refractivity contribution in [2.75, 3.05) is 12.3 Å². The molecule has 0 aliphatic heterocycles. The molecule has 0 unspecified atom stereocenters. The molecule has 4 nitrogen and oxygen atoms in total. The predicted octanol–water partition coefficient (Wildman–Crippen LogP) is 3.16. The van der Waals surface area contributed by atoms with Gasteiger partial charge in [0.25, 0.3) is 0 Å². The van der Waals surface area contributed by atoms with Crippen LogP contribution >= 0.6 is 27.7 Å². The van der Waals surface area contributed by atoms with E-state index in [0.717, 1.165) is 9.37 Å². The van der Waals surface area contributed by atoms with Crippen LogP contribution in [0.1, 0.15) is 20.3 Å². The van der Waals surface area contributed by atoms with Crippen molar-refractivity contribution in [2.24, 2.45) is 5.41 Å². The molecule has 0 fully saturated rings. The molecule has 6 heteroatoms. The first-order valence-electron chi connectivity index (χ1n) is 6.20. The summed E-state index contributed by atoms with van der Waals surface area (Å²) in [6.45, 7) is 3.32. The van der Waals surface area contributed by atoms with Crippen LogP contribution in [0.4, 0.5) is 0 Å². The molecular weight excluding hydrogens is 342 g/mol. The van der Waals surface area contributed by atoms with Gasteiger partial charge in [-0.3, -0.25) is 9.59 Å². The van der Waals surface area contributed by atoms with Crippen molar-refractivity contribution in [3.8, 4) is 0 Å². The standard InChI is InChI=1S/C14H18BrNO3S/c1-14(2,13(18)19)9-16-12(17)7-8-20-11-6-4-3-5-10(11)15/h3-6H,7-9H2,1-2H3,(H,16,17)(H,18,19). The number of rotatable bonds is 7. The van der Waals surface area contributed by atoms with Crippen molar-refractivity contribution in [3.05, 3.63) is 28.7 Å². The normalized spacial score (nSPS) is 11.2. The van der Waals surface area contributed by atoms with E-state index in [1.807, 2.05) is 24.3 Å². The van der Waals surface area contributed by atoms with E-state index in [4.69, 9.17) is 5.11 Å². The van der Waals surface area contributed by atoms with Crippen LogP contribution < -0.4 is 5.32 Å². The van der Waals surface area contributed by atoms with Crippen molar-refractivity contribution in [1.82, 2.24) is 5.32 Å². The lowest BCUT2D eigenvalue weighted by Gasteiger charge is -2.19. The molecule has 0 aliphatic rings. The summed E-state index contributed by atoms with van der Waals surface area (Å²) in [6, 6.07) is 7.83. The molecule has 0 spiro atoms. The summed E-state index contributed by atoms with van der Waals surface area (Å²) in [5.41, 5.74) is -0.939. The van der Waals surface area contributed by atoms with Gasteiger partial charge in [-0.05, 0) is 41.9 Å². The Morgan fingerprint density at radius 2 is 2.00 bits per heavy atom. The third-order valence-electron chi connectivity index (χ3n) is 2.73. The molecule has 0 heterocycles. The van der Waals surface area contributed by atoms with Crippen molar-refractivity contribution in [3.63, 3.8) is 0 Å². The van der Waals surface area contributed by atoms with Crippen LogP contribution in [0.15, 0.2) is 33.6 Å². The molecular formula is C14H18BrNO3S. The Morgan fingerprint density at radius 1 is 1.35 bits per heavy atom. The van der Waals surface area contributed by atoms with Gasteiger partial charge < -0.3 is 10.4 Å². The summed E-state index contributed by atoms with van der Waals surface area (Å²) in [7, 11) is 0. The molecule has 0 radical (unpaired) electrons. The highest BCUT2D eigenvalue weighted by atomic mass is 79.9. The number of nitrogens with one attached hydrogen (secondary N) is 1. The summed E-state index contributed by atoms with van der Waals surface area (Å²) >= 11 is 5.04. The fourth-order valence-corrected chi connectivity index (χ4v) is 2.82. The summed E-state index contributed by atoms with van der Waals surface area (Å²) < 4.78 is 1.01. The van der Waals surface area contributed by atoms with Gasteiger partial charge in [0, 0.05) is 28.1 Å². The Labute approximate surface area is 131 Å². The lowest BCUT2D eigenvalue weighted by molar-refractivity contribution is -0.146. The van der Waals surface area contributed by atoms with Crippen molar-refractivity contribution < 1.29 is 14.7 Å². The quantitative estimate of drug-likeness (QED) is 0.733. The monoisotopic (exact) mass is 359 g/mol. The first kappa shape index (κ1) is 17.0. The van der Waals surface area contributed by atoms with Crippen molar-refractivity contribution in [2.45, 2.75) is 25.2 Å². The smallest absolute Gasteiger partial charge is 0.310 e. The minimum Gasteiger partial charge on any atom is -0.481 e. The van der Waals surface area contributed by atoms with Gasteiger partial charge in [0.2, 0.25) is 5.91 Å². The molecule has 0 aliphatic carbocycles. The van der Waals surface area contributed by atoms with Gasteiger partial charge in [0.15, 0.2) is 0 Å². The largest absolute Gasteiger partial charge is 0.481 e. The molecule has 1 aromatic carbocycles. The maximum atomic E-state index is 11.7. The van der Waals surface area contributed by atoms with Crippen LogP contribution in [0, 0.1) is 5.41 Å². The van der Waals surface area contributed by atoms with Crippen LogP contribution in [0.2, 0.25) is 0 Å². The summed E-state index contributed by atoms with van der Waals surface area (Å²) in [6.07, 6.45) is 0.363. The first-order valence-corrected chi connectivity index (χ1v) is 7.98. The van der Waals surface area contributed by atoms with E-state index in [1.54, 1.807) is 25.6 Å². The fraction of sp³-hybridized carbons (Fsp3) is 0.429. The van der Waals surface area contributed by atoms with Gasteiger partial charge in [-0.25, -0.2) is 0 Å². The van der Waals surface area contributed by atoms with E-state index in [2.05, 4.69) is 21.2 Å². The number of benzene rings is 1. The van der Waals surface area contributed by atoms with Gasteiger partial charge >= 0.3 is 5.97 Å². The Morgan fingerprint density at radius 3 is 2.60 bits per heavy atom.